The molecule has 1 N–H and O–H groups in total. The monoisotopic (exact) mass is 423 g/mol. The third-order valence-electron chi connectivity index (χ3n) is 6.43. The van der Waals surface area contributed by atoms with E-state index in [0.29, 0.717) is 11.7 Å². The number of aromatic nitrogens is 3. The van der Waals surface area contributed by atoms with Gasteiger partial charge in [-0.1, -0.05) is 6.07 Å². The zero-order valence-corrected chi connectivity index (χ0v) is 17.5. The minimum atomic E-state index is -0.581. The lowest BCUT2D eigenvalue weighted by Gasteiger charge is -2.35. The van der Waals surface area contributed by atoms with Gasteiger partial charge in [-0.05, 0) is 69.0 Å². The van der Waals surface area contributed by atoms with Gasteiger partial charge in [0.25, 0.3) is 0 Å². The number of nitrogens with zero attached hydrogens (tertiary/aromatic N) is 4. The van der Waals surface area contributed by atoms with E-state index in [1.165, 1.54) is 17.7 Å². The van der Waals surface area contributed by atoms with E-state index in [-0.39, 0.29) is 6.04 Å². The summed E-state index contributed by atoms with van der Waals surface area (Å²) in [6.45, 7) is 3.08. The molecule has 0 saturated carbocycles. The van der Waals surface area contributed by atoms with Crippen LogP contribution in [0.5, 0.6) is 0 Å². The lowest BCUT2D eigenvalue weighted by Crippen LogP contribution is -2.43. The molecule has 1 aromatic carbocycles. The second kappa shape index (κ2) is 8.85. The normalized spacial score (nSPS) is 20.0. The van der Waals surface area contributed by atoms with Gasteiger partial charge in [0, 0.05) is 48.3 Å². The largest absolute Gasteiger partial charge is 0.307 e. The summed E-state index contributed by atoms with van der Waals surface area (Å²) in [5.41, 5.74) is 3.92. The number of hydrogen-bond donors (Lipinski definition) is 1. The van der Waals surface area contributed by atoms with Crippen molar-refractivity contribution in [1.29, 1.82) is 0 Å². The molecule has 7 heteroatoms. The molecule has 31 heavy (non-hydrogen) atoms. The summed E-state index contributed by atoms with van der Waals surface area (Å²) in [6.07, 6.45) is 10.8. The first kappa shape index (κ1) is 20.3. The Hall–Kier alpha value is -2.64. The topological polar surface area (TPSA) is 46.0 Å². The summed E-state index contributed by atoms with van der Waals surface area (Å²) in [4.78, 5) is 6.69. The van der Waals surface area contributed by atoms with Gasteiger partial charge in [0.1, 0.15) is 11.6 Å². The second-order valence-corrected chi connectivity index (χ2v) is 8.61. The number of fused-ring (bicyclic) bond motifs is 1. The van der Waals surface area contributed by atoms with Gasteiger partial charge in [-0.3, -0.25) is 9.88 Å². The van der Waals surface area contributed by atoms with E-state index in [9.17, 15) is 8.78 Å². The molecule has 1 saturated heterocycles. The number of likely N-dealkylation sites (tertiary alicyclic amines) is 1. The van der Waals surface area contributed by atoms with Crippen LogP contribution in [0.25, 0.3) is 5.69 Å². The van der Waals surface area contributed by atoms with Crippen LogP contribution in [0.3, 0.4) is 0 Å². The van der Waals surface area contributed by atoms with Crippen LogP contribution in [0.15, 0.2) is 48.9 Å². The van der Waals surface area contributed by atoms with Crippen molar-refractivity contribution in [3.63, 3.8) is 0 Å². The van der Waals surface area contributed by atoms with Crippen LogP contribution < -0.4 is 5.32 Å². The molecule has 0 radical (unpaired) electrons. The third kappa shape index (κ3) is 4.52. The predicted molar refractivity (Wildman–Crippen MR) is 115 cm³/mol. The average Bonchev–Trinajstić information content (AvgIpc) is 3.21. The summed E-state index contributed by atoms with van der Waals surface area (Å²) >= 11 is 0. The summed E-state index contributed by atoms with van der Waals surface area (Å²) in [5, 5.41) is 8.33. The Labute approximate surface area is 181 Å². The van der Waals surface area contributed by atoms with Gasteiger partial charge in [-0.15, -0.1) is 0 Å². The fourth-order valence-electron chi connectivity index (χ4n) is 4.91. The van der Waals surface area contributed by atoms with Gasteiger partial charge < -0.3 is 5.32 Å². The van der Waals surface area contributed by atoms with Gasteiger partial charge >= 0.3 is 0 Å². The molecule has 5 nitrogen and oxygen atoms in total. The Morgan fingerprint density at radius 2 is 1.84 bits per heavy atom. The summed E-state index contributed by atoms with van der Waals surface area (Å²) in [5.74, 6) is -1.16. The molecule has 0 amide bonds. The quantitative estimate of drug-likeness (QED) is 0.669. The maximum absolute atomic E-state index is 13.7. The summed E-state index contributed by atoms with van der Waals surface area (Å²) in [6, 6.07) is 8.40. The first-order chi connectivity index (χ1) is 15.2. The summed E-state index contributed by atoms with van der Waals surface area (Å²) < 4.78 is 29.1. The number of hydrogen-bond acceptors (Lipinski definition) is 4. The van der Waals surface area contributed by atoms with Crippen molar-refractivity contribution < 1.29 is 8.78 Å². The van der Waals surface area contributed by atoms with Crippen LogP contribution in [0.1, 0.15) is 48.5 Å². The van der Waals surface area contributed by atoms with Crippen molar-refractivity contribution >= 4 is 0 Å². The molecule has 5 rings (SSSR count). The highest BCUT2D eigenvalue weighted by Crippen LogP contribution is 2.32. The molecule has 1 unspecified atom stereocenters. The molecule has 1 atom stereocenters. The average molecular weight is 424 g/mol. The molecule has 2 aromatic heterocycles. The molecule has 162 valence electrons. The van der Waals surface area contributed by atoms with Crippen LogP contribution in [-0.2, 0) is 13.0 Å². The molecule has 0 spiro atoms. The number of piperidine rings is 1. The van der Waals surface area contributed by atoms with Crippen LogP contribution >= 0.6 is 0 Å². The minimum Gasteiger partial charge on any atom is -0.307 e. The van der Waals surface area contributed by atoms with Crippen LogP contribution in [0.2, 0.25) is 0 Å². The zero-order chi connectivity index (χ0) is 21.2. The maximum Gasteiger partial charge on any atom is 0.128 e. The van der Waals surface area contributed by atoms with Gasteiger partial charge in [-0.2, -0.15) is 5.10 Å². The Bertz CT molecular complexity index is 1010. The van der Waals surface area contributed by atoms with Crippen LogP contribution in [0, 0.1) is 11.6 Å². The molecule has 3 aromatic rings. The zero-order valence-electron chi connectivity index (χ0n) is 17.5. The van der Waals surface area contributed by atoms with Crippen molar-refractivity contribution in [3.8, 4) is 5.69 Å². The van der Waals surface area contributed by atoms with Crippen LogP contribution in [0.4, 0.5) is 8.78 Å². The van der Waals surface area contributed by atoms with Crippen molar-refractivity contribution in [2.45, 2.75) is 50.7 Å². The standard InChI is InChI=1S/C24H27F2N5/c25-18-11-19(26)13-21(12-18)31-24-5-1-4-23(22(24)15-28-31)29-20-6-9-30(10-7-20)16-17-3-2-8-27-14-17/h2-3,8,11-15,20,23,29H,1,4-7,9-10,16H2. The van der Waals surface area contributed by atoms with Gasteiger partial charge in [0.15, 0.2) is 0 Å². The van der Waals surface area contributed by atoms with E-state index in [2.05, 4.69) is 26.4 Å². The Morgan fingerprint density at radius 1 is 1.03 bits per heavy atom. The smallest absolute Gasteiger partial charge is 0.128 e. The highest BCUT2D eigenvalue weighted by molar-refractivity contribution is 5.38. The Kier molecular flexibility index (Phi) is 5.78. The lowest BCUT2D eigenvalue weighted by molar-refractivity contribution is 0.181. The Morgan fingerprint density at radius 3 is 2.58 bits per heavy atom. The molecular formula is C24H27F2N5. The van der Waals surface area contributed by atoms with Gasteiger partial charge in [0.2, 0.25) is 0 Å². The first-order valence-electron chi connectivity index (χ1n) is 11.1. The second-order valence-electron chi connectivity index (χ2n) is 8.61. The molecule has 0 bridgehead atoms. The number of nitrogens with one attached hydrogen (secondary N) is 1. The van der Waals surface area contributed by atoms with E-state index in [1.54, 1.807) is 4.68 Å². The van der Waals surface area contributed by atoms with Crippen molar-refractivity contribution in [2.24, 2.45) is 0 Å². The number of halogens is 2. The SMILES string of the molecule is Fc1cc(F)cc(-n2ncc3c2CCCC3NC2CCN(Cc3cccnc3)CC2)c1. The number of benzene rings is 1. The van der Waals surface area contributed by atoms with Crippen LogP contribution in [-0.4, -0.2) is 38.8 Å². The van der Waals surface area contributed by atoms with E-state index < -0.39 is 11.6 Å². The van der Waals surface area contributed by atoms with Gasteiger partial charge in [-0.25, -0.2) is 13.5 Å². The molecule has 3 heterocycles. The molecule has 1 aliphatic carbocycles. The van der Waals surface area contributed by atoms with Gasteiger partial charge in [0.05, 0.1) is 11.9 Å². The molecule has 1 aliphatic heterocycles. The van der Waals surface area contributed by atoms with E-state index in [4.69, 9.17) is 0 Å². The fourth-order valence-corrected chi connectivity index (χ4v) is 4.91. The number of rotatable bonds is 5. The van der Waals surface area contributed by atoms with Crippen molar-refractivity contribution in [1.82, 2.24) is 25.0 Å². The summed E-state index contributed by atoms with van der Waals surface area (Å²) in [7, 11) is 0. The highest BCUT2D eigenvalue weighted by Gasteiger charge is 2.28. The van der Waals surface area contributed by atoms with Crippen molar-refractivity contribution in [2.75, 3.05) is 13.1 Å². The highest BCUT2D eigenvalue weighted by atomic mass is 19.1. The minimum absolute atomic E-state index is 0.241. The maximum atomic E-state index is 13.7. The van der Waals surface area contributed by atoms with Crippen molar-refractivity contribution in [3.05, 3.63) is 77.4 Å². The van der Waals surface area contributed by atoms with E-state index >= 15 is 0 Å². The molecular weight excluding hydrogens is 396 g/mol. The lowest BCUT2D eigenvalue weighted by atomic mass is 9.91. The molecule has 1 fully saturated rings. The predicted octanol–water partition coefficient (Wildman–Crippen LogP) is 4.18. The Balaban J connectivity index is 1.24. The van der Waals surface area contributed by atoms with E-state index in [1.807, 2.05) is 24.7 Å². The fraction of sp³-hybridized carbons (Fsp3) is 0.417. The first-order valence-corrected chi connectivity index (χ1v) is 11.1. The van der Waals surface area contributed by atoms with E-state index in [0.717, 1.165) is 69.1 Å². The third-order valence-corrected chi connectivity index (χ3v) is 6.43. The molecule has 2 aliphatic rings. The number of pyridine rings is 1.